The third kappa shape index (κ3) is 3.69. The number of aromatic nitrogens is 1. The van der Waals surface area contributed by atoms with Crippen LogP contribution in [0.3, 0.4) is 0 Å². The van der Waals surface area contributed by atoms with Crippen LogP contribution in [0.4, 0.5) is 5.82 Å². The Bertz CT molecular complexity index is 435. The number of ether oxygens (including phenoxy) is 1. The predicted octanol–water partition coefficient (Wildman–Crippen LogP) is 1.38. The maximum atomic E-state index is 9.15. The highest BCUT2D eigenvalue weighted by Gasteiger charge is 2.13. The summed E-state index contributed by atoms with van der Waals surface area (Å²) in [7, 11) is 1.60. The number of aryl methyl sites for hydroxylation is 2. The number of pyridine rings is 1. The fourth-order valence-corrected chi connectivity index (χ4v) is 1.83. The molecule has 0 radical (unpaired) electrons. The molecule has 0 aliphatic rings. The molecule has 2 N–H and O–H groups in total. The number of aliphatic hydroxyl groups is 1. The third-order valence-electron chi connectivity index (χ3n) is 2.64. The Morgan fingerprint density at radius 1 is 1.56 bits per heavy atom. The molecule has 0 bridgehead atoms. The van der Waals surface area contributed by atoms with E-state index in [1.807, 2.05) is 19.9 Å². The highest BCUT2D eigenvalue weighted by Crippen LogP contribution is 2.18. The van der Waals surface area contributed by atoms with E-state index < -0.39 is 0 Å². The molecule has 0 aliphatic heterocycles. The second-order valence-corrected chi connectivity index (χ2v) is 4.22. The molecule has 1 aromatic heterocycles. The Balaban J connectivity index is 2.97. The topological polar surface area (TPSA) is 78.2 Å². The fraction of sp³-hybridized carbons (Fsp3) is 0.538. The summed E-state index contributed by atoms with van der Waals surface area (Å²) < 4.78 is 5.08. The van der Waals surface area contributed by atoms with Crippen molar-refractivity contribution in [3.63, 3.8) is 0 Å². The van der Waals surface area contributed by atoms with Crippen molar-refractivity contribution < 1.29 is 9.84 Å². The molecule has 0 spiro atoms. The summed E-state index contributed by atoms with van der Waals surface area (Å²) in [5.74, 6) is 0.561. The first kappa shape index (κ1) is 14.4. The van der Waals surface area contributed by atoms with E-state index in [1.54, 1.807) is 7.11 Å². The Hall–Kier alpha value is -1.64. The maximum Gasteiger partial charge on any atom is 0.144 e. The van der Waals surface area contributed by atoms with Crippen molar-refractivity contribution >= 4 is 5.82 Å². The van der Waals surface area contributed by atoms with Crippen LogP contribution in [0.2, 0.25) is 0 Å². The van der Waals surface area contributed by atoms with Crippen molar-refractivity contribution in [2.24, 2.45) is 0 Å². The van der Waals surface area contributed by atoms with E-state index in [9.17, 15) is 0 Å². The molecule has 1 heterocycles. The molecule has 0 fully saturated rings. The summed E-state index contributed by atoms with van der Waals surface area (Å²) in [6.45, 7) is 4.29. The Morgan fingerprint density at radius 2 is 2.28 bits per heavy atom. The first-order valence-corrected chi connectivity index (χ1v) is 5.87. The van der Waals surface area contributed by atoms with E-state index in [1.165, 1.54) is 0 Å². The van der Waals surface area contributed by atoms with Gasteiger partial charge in [0.2, 0.25) is 0 Å². The zero-order chi connectivity index (χ0) is 13.5. The van der Waals surface area contributed by atoms with Crippen LogP contribution in [0, 0.1) is 25.2 Å². The Morgan fingerprint density at radius 3 is 2.83 bits per heavy atom. The lowest BCUT2D eigenvalue weighted by Gasteiger charge is -2.19. The van der Waals surface area contributed by atoms with E-state index >= 15 is 0 Å². The van der Waals surface area contributed by atoms with Crippen LogP contribution in [0.5, 0.6) is 0 Å². The molecule has 5 heteroatoms. The molecule has 1 rings (SSSR count). The van der Waals surface area contributed by atoms with E-state index in [0.29, 0.717) is 24.4 Å². The molecule has 1 unspecified atom stereocenters. The lowest BCUT2D eigenvalue weighted by molar-refractivity contribution is 0.170. The molecule has 0 aliphatic carbocycles. The average molecular weight is 249 g/mol. The van der Waals surface area contributed by atoms with Gasteiger partial charge in [0.1, 0.15) is 11.9 Å². The predicted molar refractivity (Wildman–Crippen MR) is 69.4 cm³/mol. The molecule has 0 saturated heterocycles. The lowest BCUT2D eigenvalue weighted by atomic mass is 10.1. The fourth-order valence-electron chi connectivity index (χ4n) is 1.83. The maximum absolute atomic E-state index is 9.15. The zero-order valence-electron chi connectivity index (χ0n) is 11.0. The van der Waals surface area contributed by atoms with E-state index in [0.717, 1.165) is 11.3 Å². The molecular weight excluding hydrogens is 230 g/mol. The minimum Gasteiger partial charge on any atom is -0.396 e. The number of anilines is 1. The third-order valence-corrected chi connectivity index (χ3v) is 2.64. The summed E-state index contributed by atoms with van der Waals surface area (Å²) in [5.41, 5.74) is 2.29. The van der Waals surface area contributed by atoms with Gasteiger partial charge in [-0.3, -0.25) is 0 Å². The summed E-state index contributed by atoms with van der Waals surface area (Å²) >= 11 is 0. The van der Waals surface area contributed by atoms with Gasteiger partial charge >= 0.3 is 0 Å². The summed E-state index contributed by atoms with van der Waals surface area (Å²) in [4.78, 5) is 4.34. The van der Waals surface area contributed by atoms with Gasteiger partial charge in [0, 0.05) is 19.4 Å². The van der Waals surface area contributed by atoms with E-state index in [2.05, 4.69) is 16.4 Å². The molecule has 0 aromatic carbocycles. The van der Waals surface area contributed by atoms with Crippen LogP contribution >= 0.6 is 0 Å². The number of hydrogen-bond acceptors (Lipinski definition) is 5. The summed E-state index contributed by atoms with van der Waals surface area (Å²) in [5, 5.41) is 21.3. The number of aliphatic hydroxyl groups excluding tert-OH is 1. The van der Waals surface area contributed by atoms with Crippen molar-refractivity contribution in [1.29, 1.82) is 5.26 Å². The van der Waals surface area contributed by atoms with Gasteiger partial charge in [0.15, 0.2) is 0 Å². The molecule has 18 heavy (non-hydrogen) atoms. The number of nitriles is 1. The van der Waals surface area contributed by atoms with Crippen molar-refractivity contribution in [3.8, 4) is 6.07 Å². The lowest BCUT2D eigenvalue weighted by Crippen LogP contribution is -2.27. The van der Waals surface area contributed by atoms with Gasteiger partial charge in [-0.2, -0.15) is 5.26 Å². The van der Waals surface area contributed by atoms with Crippen molar-refractivity contribution in [2.45, 2.75) is 26.3 Å². The average Bonchev–Trinajstić information content (AvgIpc) is 2.29. The van der Waals surface area contributed by atoms with Crippen LogP contribution in [-0.2, 0) is 4.74 Å². The summed E-state index contributed by atoms with van der Waals surface area (Å²) in [6, 6.07) is 3.97. The number of methoxy groups -OCH3 is 1. The van der Waals surface area contributed by atoms with Crippen molar-refractivity contribution in [2.75, 3.05) is 25.6 Å². The number of rotatable bonds is 6. The number of hydrogen-bond donors (Lipinski definition) is 2. The molecule has 98 valence electrons. The normalized spacial score (nSPS) is 11.9. The van der Waals surface area contributed by atoms with Crippen LogP contribution in [0.25, 0.3) is 0 Å². The minimum absolute atomic E-state index is 0.0548. The monoisotopic (exact) mass is 249 g/mol. The van der Waals surface area contributed by atoms with Gasteiger partial charge < -0.3 is 15.2 Å². The molecule has 5 nitrogen and oxygen atoms in total. The van der Waals surface area contributed by atoms with Crippen LogP contribution in [0.1, 0.15) is 23.2 Å². The first-order valence-electron chi connectivity index (χ1n) is 5.87. The second kappa shape index (κ2) is 6.94. The molecule has 0 saturated carbocycles. The molecule has 1 aromatic rings. The molecule has 1 atom stereocenters. The van der Waals surface area contributed by atoms with Gasteiger partial charge in [-0.15, -0.1) is 0 Å². The van der Waals surface area contributed by atoms with Gasteiger partial charge in [-0.1, -0.05) is 0 Å². The molecule has 0 amide bonds. The SMILES string of the molecule is COCC(CCO)Nc1nc(C)cc(C)c1C#N. The van der Waals surface area contributed by atoms with E-state index in [-0.39, 0.29) is 12.6 Å². The smallest absolute Gasteiger partial charge is 0.144 e. The standard InChI is InChI=1S/C13H19N3O2/c1-9-6-10(2)15-13(12(9)7-14)16-11(4-5-17)8-18-3/h6,11,17H,4-5,8H2,1-3H3,(H,15,16). The second-order valence-electron chi connectivity index (χ2n) is 4.22. The van der Waals surface area contributed by atoms with E-state index in [4.69, 9.17) is 15.1 Å². The van der Waals surface area contributed by atoms with Gasteiger partial charge in [0.25, 0.3) is 0 Å². The van der Waals surface area contributed by atoms with Gasteiger partial charge in [0.05, 0.1) is 18.2 Å². The molecular formula is C13H19N3O2. The minimum atomic E-state index is -0.0548. The van der Waals surface area contributed by atoms with Crippen molar-refractivity contribution in [3.05, 3.63) is 22.9 Å². The van der Waals surface area contributed by atoms with Crippen molar-refractivity contribution in [1.82, 2.24) is 4.98 Å². The quantitative estimate of drug-likeness (QED) is 0.796. The number of nitrogens with zero attached hydrogens (tertiary/aromatic N) is 2. The summed E-state index contributed by atoms with van der Waals surface area (Å²) in [6.07, 6.45) is 0.549. The van der Waals surface area contributed by atoms with Crippen LogP contribution in [0.15, 0.2) is 6.07 Å². The van der Waals surface area contributed by atoms with Crippen LogP contribution < -0.4 is 5.32 Å². The Labute approximate surface area is 107 Å². The largest absolute Gasteiger partial charge is 0.396 e. The highest BCUT2D eigenvalue weighted by molar-refractivity contribution is 5.56. The van der Waals surface area contributed by atoms with Gasteiger partial charge in [-0.05, 0) is 31.9 Å². The first-order chi connectivity index (χ1) is 8.62. The highest BCUT2D eigenvalue weighted by atomic mass is 16.5. The van der Waals surface area contributed by atoms with Crippen LogP contribution in [-0.4, -0.2) is 36.5 Å². The zero-order valence-corrected chi connectivity index (χ0v) is 11.0. The number of nitrogens with one attached hydrogen (secondary N) is 1. The Kier molecular flexibility index (Phi) is 5.56. The van der Waals surface area contributed by atoms with Gasteiger partial charge in [-0.25, -0.2) is 4.98 Å².